The predicted octanol–water partition coefficient (Wildman–Crippen LogP) is 4.04. The second kappa shape index (κ2) is 6.99. The first kappa shape index (κ1) is 17.6. The molecule has 1 aromatic carbocycles. The second-order valence-electron chi connectivity index (χ2n) is 5.66. The minimum atomic E-state index is -0.361. The first-order valence-corrected chi connectivity index (χ1v) is 7.43. The molecule has 0 heterocycles. The van der Waals surface area contributed by atoms with E-state index in [4.69, 9.17) is 34.8 Å². The number of amides is 1. The number of rotatable bonds is 4. The molecule has 1 rings (SSSR count). The minimum Gasteiger partial charge on any atom is -0.350 e. The SMILES string of the molecule is CC(NCc1c(Cl)ccc(Cl)c1Cl)C(=O)NC(C)(C)C. The van der Waals surface area contributed by atoms with Crippen LogP contribution in [0.2, 0.25) is 15.1 Å². The third-order valence-electron chi connectivity index (χ3n) is 2.62. The summed E-state index contributed by atoms with van der Waals surface area (Å²) in [6, 6.07) is 2.97. The van der Waals surface area contributed by atoms with E-state index in [-0.39, 0.29) is 17.5 Å². The van der Waals surface area contributed by atoms with Gasteiger partial charge in [-0.3, -0.25) is 4.79 Å². The van der Waals surface area contributed by atoms with Gasteiger partial charge in [-0.05, 0) is 39.8 Å². The van der Waals surface area contributed by atoms with Crippen molar-refractivity contribution in [2.24, 2.45) is 0 Å². The monoisotopic (exact) mass is 336 g/mol. The van der Waals surface area contributed by atoms with Crippen molar-refractivity contribution in [2.45, 2.75) is 45.8 Å². The molecule has 20 heavy (non-hydrogen) atoms. The van der Waals surface area contributed by atoms with E-state index in [1.54, 1.807) is 19.1 Å². The molecule has 0 spiro atoms. The first-order chi connectivity index (χ1) is 9.11. The summed E-state index contributed by atoms with van der Waals surface area (Å²) in [5.74, 6) is -0.0771. The molecule has 6 heteroatoms. The van der Waals surface area contributed by atoms with Gasteiger partial charge in [-0.15, -0.1) is 0 Å². The summed E-state index contributed by atoms with van der Waals surface area (Å²) >= 11 is 18.2. The zero-order valence-corrected chi connectivity index (χ0v) is 14.2. The third-order valence-corrected chi connectivity index (χ3v) is 3.81. The average molecular weight is 338 g/mol. The van der Waals surface area contributed by atoms with Gasteiger partial charge < -0.3 is 10.6 Å². The van der Waals surface area contributed by atoms with Crippen LogP contribution in [0.4, 0.5) is 0 Å². The summed E-state index contributed by atoms with van der Waals surface area (Å²) < 4.78 is 0. The Labute approximate surface area is 135 Å². The summed E-state index contributed by atoms with van der Waals surface area (Å²) in [6.45, 7) is 7.96. The smallest absolute Gasteiger partial charge is 0.237 e. The van der Waals surface area contributed by atoms with Crippen LogP contribution in [-0.2, 0) is 11.3 Å². The van der Waals surface area contributed by atoms with E-state index in [2.05, 4.69) is 10.6 Å². The van der Waals surface area contributed by atoms with Gasteiger partial charge in [0.05, 0.1) is 16.1 Å². The zero-order chi connectivity index (χ0) is 15.5. The van der Waals surface area contributed by atoms with Crippen molar-refractivity contribution in [2.75, 3.05) is 0 Å². The first-order valence-electron chi connectivity index (χ1n) is 6.29. The molecule has 1 aromatic rings. The Morgan fingerprint density at radius 3 is 2.30 bits per heavy atom. The lowest BCUT2D eigenvalue weighted by Crippen LogP contribution is -2.49. The highest BCUT2D eigenvalue weighted by Gasteiger charge is 2.19. The maximum absolute atomic E-state index is 12.0. The van der Waals surface area contributed by atoms with Crippen LogP contribution in [0.1, 0.15) is 33.3 Å². The number of nitrogens with one attached hydrogen (secondary N) is 2. The maximum Gasteiger partial charge on any atom is 0.237 e. The van der Waals surface area contributed by atoms with Crippen LogP contribution in [-0.4, -0.2) is 17.5 Å². The van der Waals surface area contributed by atoms with Crippen molar-refractivity contribution in [1.82, 2.24) is 10.6 Å². The molecule has 3 nitrogen and oxygen atoms in total. The summed E-state index contributed by atoms with van der Waals surface area (Å²) in [5, 5.41) is 7.37. The molecule has 0 aromatic heterocycles. The van der Waals surface area contributed by atoms with Crippen molar-refractivity contribution in [3.63, 3.8) is 0 Å². The number of hydrogen-bond acceptors (Lipinski definition) is 2. The Kier molecular flexibility index (Phi) is 6.14. The van der Waals surface area contributed by atoms with Crippen LogP contribution in [0, 0.1) is 0 Å². The number of halogens is 3. The van der Waals surface area contributed by atoms with E-state index >= 15 is 0 Å². The van der Waals surface area contributed by atoms with Gasteiger partial charge in [-0.1, -0.05) is 34.8 Å². The predicted molar refractivity (Wildman–Crippen MR) is 85.7 cm³/mol. The number of carbonyl (C=O) groups excluding carboxylic acids is 1. The van der Waals surface area contributed by atoms with Gasteiger partial charge in [0.1, 0.15) is 0 Å². The fraction of sp³-hybridized carbons (Fsp3) is 0.500. The van der Waals surface area contributed by atoms with Crippen LogP contribution >= 0.6 is 34.8 Å². The average Bonchev–Trinajstić information content (AvgIpc) is 2.31. The minimum absolute atomic E-state index is 0.0771. The van der Waals surface area contributed by atoms with E-state index in [1.165, 1.54) is 0 Å². The molecule has 0 aliphatic carbocycles. The van der Waals surface area contributed by atoms with E-state index in [0.717, 1.165) is 0 Å². The number of benzene rings is 1. The van der Waals surface area contributed by atoms with E-state index in [1.807, 2.05) is 20.8 Å². The Hall–Kier alpha value is -0.480. The van der Waals surface area contributed by atoms with E-state index < -0.39 is 0 Å². The van der Waals surface area contributed by atoms with Crippen molar-refractivity contribution in [1.29, 1.82) is 0 Å². The zero-order valence-electron chi connectivity index (χ0n) is 12.0. The molecule has 0 saturated carbocycles. The highest BCUT2D eigenvalue weighted by Crippen LogP contribution is 2.31. The van der Waals surface area contributed by atoms with Crippen molar-refractivity contribution < 1.29 is 4.79 Å². The summed E-state index contributed by atoms with van der Waals surface area (Å²) in [7, 11) is 0. The van der Waals surface area contributed by atoms with Crippen LogP contribution in [0.25, 0.3) is 0 Å². The summed E-state index contributed by atoms with van der Waals surface area (Å²) in [4.78, 5) is 12.0. The van der Waals surface area contributed by atoms with Crippen molar-refractivity contribution in [3.8, 4) is 0 Å². The molecule has 2 N–H and O–H groups in total. The Morgan fingerprint density at radius 2 is 1.75 bits per heavy atom. The number of carbonyl (C=O) groups is 1. The molecular formula is C14H19Cl3N2O. The fourth-order valence-corrected chi connectivity index (χ4v) is 2.24. The Balaban J connectivity index is 2.68. The maximum atomic E-state index is 12.0. The lowest BCUT2D eigenvalue weighted by atomic mass is 10.1. The van der Waals surface area contributed by atoms with Gasteiger partial charge in [-0.2, -0.15) is 0 Å². The summed E-state index contributed by atoms with van der Waals surface area (Å²) in [5.41, 5.74) is 0.425. The molecule has 0 aliphatic heterocycles. The molecule has 0 aliphatic rings. The lowest BCUT2D eigenvalue weighted by molar-refractivity contribution is -0.124. The molecule has 0 radical (unpaired) electrons. The van der Waals surface area contributed by atoms with Gasteiger partial charge in [0.2, 0.25) is 5.91 Å². The molecule has 112 valence electrons. The topological polar surface area (TPSA) is 41.1 Å². The molecule has 0 saturated heterocycles. The standard InChI is InChI=1S/C14H19Cl3N2O/c1-8(13(20)19-14(2,3)4)18-7-9-10(15)5-6-11(16)12(9)17/h5-6,8,18H,7H2,1-4H3,(H,19,20). The molecule has 0 fully saturated rings. The number of hydrogen-bond donors (Lipinski definition) is 2. The van der Waals surface area contributed by atoms with Crippen molar-refractivity contribution >= 4 is 40.7 Å². The lowest BCUT2D eigenvalue weighted by Gasteiger charge is -2.24. The third kappa shape index (κ3) is 5.13. The van der Waals surface area contributed by atoms with Crippen LogP contribution < -0.4 is 10.6 Å². The Bertz CT molecular complexity index is 498. The van der Waals surface area contributed by atoms with Gasteiger partial charge in [-0.25, -0.2) is 0 Å². The van der Waals surface area contributed by atoms with E-state index in [9.17, 15) is 4.79 Å². The molecule has 1 atom stereocenters. The second-order valence-corrected chi connectivity index (χ2v) is 6.86. The van der Waals surface area contributed by atoms with Gasteiger partial charge in [0.15, 0.2) is 0 Å². The van der Waals surface area contributed by atoms with Crippen LogP contribution in [0.3, 0.4) is 0 Å². The summed E-state index contributed by atoms with van der Waals surface area (Å²) in [6.07, 6.45) is 0. The highest BCUT2D eigenvalue weighted by molar-refractivity contribution is 6.44. The molecule has 0 bridgehead atoms. The van der Waals surface area contributed by atoms with Crippen molar-refractivity contribution in [3.05, 3.63) is 32.8 Å². The van der Waals surface area contributed by atoms with E-state index in [0.29, 0.717) is 27.2 Å². The molecular weight excluding hydrogens is 319 g/mol. The van der Waals surface area contributed by atoms with Crippen LogP contribution in [0.5, 0.6) is 0 Å². The molecule has 1 unspecified atom stereocenters. The largest absolute Gasteiger partial charge is 0.350 e. The van der Waals surface area contributed by atoms with Gasteiger partial charge >= 0.3 is 0 Å². The highest BCUT2D eigenvalue weighted by atomic mass is 35.5. The fourth-order valence-electron chi connectivity index (χ4n) is 1.56. The Morgan fingerprint density at radius 1 is 1.20 bits per heavy atom. The molecule has 1 amide bonds. The quantitative estimate of drug-likeness (QED) is 0.814. The van der Waals surface area contributed by atoms with Crippen LogP contribution in [0.15, 0.2) is 12.1 Å². The van der Waals surface area contributed by atoms with Gasteiger partial charge in [0, 0.05) is 22.7 Å². The normalized spacial score (nSPS) is 13.2. The van der Waals surface area contributed by atoms with Gasteiger partial charge in [0.25, 0.3) is 0 Å².